The Hall–Kier alpha value is -1.50. The number of rotatable bonds is 0. The fourth-order valence-corrected chi connectivity index (χ4v) is 1.83. The second kappa shape index (κ2) is 3.27. The van der Waals surface area contributed by atoms with Gasteiger partial charge in [0.05, 0.1) is 0 Å². The number of aromatic hydroxyl groups is 1. The van der Waals surface area contributed by atoms with E-state index in [0.717, 1.165) is 10.9 Å². The van der Waals surface area contributed by atoms with Crippen LogP contribution in [0.4, 0.5) is 0 Å². The van der Waals surface area contributed by atoms with Crippen LogP contribution in [0.25, 0.3) is 10.8 Å². The van der Waals surface area contributed by atoms with Crippen LogP contribution in [-0.2, 0) is 5.41 Å². The number of benzene rings is 2. The average molecular weight is 200 g/mol. The van der Waals surface area contributed by atoms with Gasteiger partial charge in [-0.1, -0.05) is 45.0 Å². The third-order valence-corrected chi connectivity index (χ3v) is 2.67. The standard InChI is InChI=1S/C14H16O/c1-14(2,3)12-8-10-6-4-5-7-11(10)9-13(12)15/h4-9,15H,1-3H3. The molecule has 0 unspecified atom stereocenters. The predicted molar refractivity (Wildman–Crippen MR) is 64.3 cm³/mol. The summed E-state index contributed by atoms with van der Waals surface area (Å²) in [5.41, 5.74) is 0.981. The lowest BCUT2D eigenvalue weighted by atomic mass is 9.85. The van der Waals surface area contributed by atoms with Crippen molar-refractivity contribution in [1.29, 1.82) is 0 Å². The minimum atomic E-state index is -0.0197. The molecule has 0 heterocycles. The average Bonchev–Trinajstić information content (AvgIpc) is 2.15. The van der Waals surface area contributed by atoms with Gasteiger partial charge in [0, 0.05) is 0 Å². The molecule has 0 aliphatic rings. The fourth-order valence-electron chi connectivity index (χ4n) is 1.83. The third kappa shape index (κ3) is 1.82. The van der Waals surface area contributed by atoms with Crippen molar-refractivity contribution in [3.8, 4) is 5.75 Å². The van der Waals surface area contributed by atoms with Crippen LogP contribution in [0.15, 0.2) is 36.4 Å². The zero-order valence-electron chi connectivity index (χ0n) is 9.41. The monoisotopic (exact) mass is 200 g/mol. The summed E-state index contributed by atoms with van der Waals surface area (Å²) in [6.45, 7) is 6.32. The molecule has 0 radical (unpaired) electrons. The molecule has 15 heavy (non-hydrogen) atoms. The molecule has 1 heteroatoms. The first-order chi connectivity index (χ1) is 6.98. The lowest BCUT2D eigenvalue weighted by Crippen LogP contribution is -2.11. The minimum Gasteiger partial charge on any atom is -0.508 e. The summed E-state index contributed by atoms with van der Waals surface area (Å²) in [6, 6.07) is 12.0. The number of phenolic OH excluding ortho intramolecular Hbond substituents is 1. The van der Waals surface area contributed by atoms with E-state index in [-0.39, 0.29) is 5.41 Å². The molecule has 0 aliphatic carbocycles. The van der Waals surface area contributed by atoms with Crippen LogP contribution in [0.1, 0.15) is 26.3 Å². The van der Waals surface area contributed by atoms with Gasteiger partial charge < -0.3 is 5.11 Å². The van der Waals surface area contributed by atoms with E-state index in [0.29, 0.717) is 5.75 Å². The number of hydrogen-bond donors (Lipinski definition) is 1. The van der Waals surface area contributed by atoms with Gasteiger partial charge in [0.2, 0.25) is 0 Å². The Bertz CT molecular complexity index is 492. The molecular formula is C14H16O. The van der Waals surface area contributed by atoms with Gasteiger partial charge >= 0.3 is 0 Å². The zero-order valence-corrected chi connectivity index (χ0v) is 9.41. The van der Waals surface area contributed by atoms with Gasteiger partial charge in [0.15, 0.2) is 0 Å². The topological polar surface area (TPSA) is 20.2 Å². The maximum atomic E-state index is 9.94. The molecule has 0 amide bonds. The second-order valence-corrected chi connectivity index (χ2v) is 4.97. The molecule has 0 bridgehead atoms. The Balaban J connectivity index is 2.73. The lowest BCUT2D eigenvalue weighted by Gasteiger charge is -2.21. The molecule has 0 atom stereocenters. The molecule has 0 aliphatic heterocycles. The Labute approximate surface area is 90.4 Å². The van der Waals surface area contributed by atoms with Crippen LogP contribution in [0.3, 0.4) is 0 Å². The molecule has 0 saturated carbocycles. The van der Waals surface area contributed by atoms with Gasteiger partial charge in [-0.05, 0) is 33.9 Å². The highest BCUT2D eigenvalue weighted by molar-refractivity contribution is 5.85. The predicted octanol–water partition coefficient (Wildman–Crippen LogP) is 3.84. The third-order valence-electron chi connectivity index (χ3n) is 2.67. The smallest absolute Gasteiger partial charge is 0.119 e. The highest BCUT2D eigenvalue weighted by Gasteiger charge is 2.18. The molecule has 2 aromatic carbocycles. The Morgan fingerprint density at radius 3 is 2.00 bits per heavy atom. The van der Waals surface area contributed by atoms with E-state index in [1.807, 2.05) is 24.3 Å². The van der Waals surface area contributed by atoms with E-state index in [1.165, 1.54) is 5.39 Å². The van der Waals surface area contributed by atoms with Crippen LogP contribution in [0, 0.1) is 0 Å². The van der Waals surface area contributed by atoms with Crippen LogP contribution in [0.5, 0.6) is 5.75 Å². The van der Waals surface area contributed by atoms with E-state index in [1.54, 1.807) is 0 Å². The molecule has 2 aromatic rings. The fraction of sp³-hybridized carbons (Fsp3) is 0.286. The van der Waals surface area contributed by atoms with Crippen molar-refractivity contribution in [2.45, 2.75) is 26.2 Å². The summed E-state index contributed by atoms with van der Waals surface area (Å²) in [5.74, 6) is 0.390. The summed E-state index contributed by atoms with van der Waals surface area (Å²) < 4.78 is 0. The van der Waals surface area contributed by atoms with E-state index in [4.69, 9.17) is 0 Å². The Kier molecular flexibility index (Phi) is 2.18. The maximum Gasteiger partial charge on any atom is 0.119 e. The Morgan fingerprint density at radius 1 is 0.933 bits per heavy atom. The van der Waals surface area contributed by atoms with Crippen LogP contribution < -0.4 is 0 Å². The maximum absolute atomic E-state index is 9.94. The first kappa shape index (κ1) is 10.0. The van der Waals surface area contributed by atoms with Crippen LogP contribution in [-0.4, -0.2) is 5.11 Å². The molecule has 0 fully saturated rings. The Morgan fingerprint density at radius 2 is 1.47 bits per heavy atom. The molecule has 0 saturated heterocycles. The van der Waals surface area contributed by atoms with Crippen LogP contribution in [0.2, 0.25) is 0 Å². The SMILES string of the molecule is CC(C)(C)c1cc2ccccc2cc1O. The van der Waals surface area contributed by atoms with E-state index < -0.39 is 0 Å². The summed E-state index contributed by atoms with van der Waals surface area (Å²) >= 11 is 0. The first-order valence-corrected chi connectivity index (χ1v) is 5.21. The summed E-state index contributed by atoms with van der Waals surface area (Å²) in [6.07, 6.45) is 0. The molecule has 1 N–H and O–H groups in total. The van der Waals surface area contributed by atoms with Crippen molar-refractivity contribution in [3.05, 3.63) is 42.0 Å². The molecule has 0 spiro atoms. The largest absolute Gasteiger partial charge is 0.508 e. The summed E-state index contributed by atoms with van der Waals surface area (Å²) in [4.78, 5) is 0. The van der Waals surface area contributed by atoms with Gasteiger partial charge in [-0.2, -0.15) is 0 Å². The van der Waals surface area contributed by atoms with Gasteiger partial charge in [-0.3, -0.25) is 0 Å². The minimum absolute atomic E-state index is 0.0197. The number of fused-ring (bicyclic) bond motifs is 1. The van der Waals surface area contributed by atoms with Crippen molar-refractivity contribution in [2.75, 3.05) is 0 Å². The van der Waals surface area contributed by atoms with Crippen molar-refractivity contribution in [2.24, 2.45) is 0 Å². The van der Waals surface area contributed by atoms with E-state index in [9.17, 15) is 5.11 Å². The molecule has 78 valence electrons. The van der Waals surface area contributed by atoms with Crippen molar-refractivity contribution in [3.63, 3.8) is 0 Å². The van der Waals surface area contributed by atoms with Crippen molar-refractivity contribution in [1.82, 2.24) is 0 Å². The normalized spacial score (nSPS) is 11.9. The van der Waals surface area contributed by atoms with Crippen molar-refractivity contribution >= 4 is 10.8 Å². The van der Waals surface area contributed by atoms with E-state index in [2.05, 4.69) is 32.9 Å². The quantitative estimate of drug-likeness (QED) is 0.685. The van der Waals surface area contributed by atoms with Gasteiger partial charge in [0.1, 0.15) is 5.75 Å². The zero-order chi connectivity index (χ0) is 11.1. The van der Waals surface area contributed by atoms with Gasteiger partial charge in [0.25, 0.3) is 0 Å². The molecule has 0 aromatic heterocycles. The van der Waals surface area contributed by atoms with Crippen molar-refractivity contribution < 1.29 is 5.11 Å². The number of hydrogen-bond acceptors (Lipinski definition) is 1. The highest BCUT2D eigenvalue weighted by Crippen LogP contribution is 2.33. The molecule has 1 nitrogen and oxygen atoms in total. The highest BCUT2D eigenvalue weighted by atomic mass is 16.3. The second-order valence-electron chi connectivity index (χ2n) is 4.97. The summed E-state index contributed by atoms with van der Waals surface area (Å²) in [5, 5.41) is 12.2. The first-order valence-electron chi connectivity index (χ1n) is 5.21. The van der Waals surface area contributed by atoms with Gasteiger partial charge in [-0.15, -0.1) is 0 Å². The van der Waals surface area contributed by atoms with Gasteiger partial charge in [-0.25, -0.2) is 0 Å². The number of phenols is 1. The van der Waals surface area contributed by atoms with E-state index >= 15 is 0 Å². The van der Waals surface area contributed by atoms with Crippen LogP contribution >= 0.6 is 0 Å². The summed E-state index contributed by atoms with van der Waals surface area (Å²) in [7, 11) is 0. The lowest BCUT2D eigenvalue weighted by molar-refractivity contribution is 0.448. The molecular weight excluding hydrogens is 184 g/mol. The molecule has 2 rings (SSSR count).